The van der Waals surface area contributed by atoms with Crippen LogP contribution in [0, 0.1) is 10.1 Å². The Hall–Kier alpha value is -1.28. The number of nitro groups is 1. The maximum atomic E-state index is 12.3. The maximum Gasteiger partial charge on any atom is 0.279 e. The Kier molecular flexibility index (Phi) is 3.44. The Labute approximate surface area is 93.2 Å². The molecule has 5 nitrogen and oxygen atoms in total. The number of alkyl halides is 2. The van der Waals surface area contributed by atoms with Gasteiger partial charge in [0.1, 0.15) is 0 Å². The van der Waals surface area contributed by atoms with Gasteiger partial charge >= 0.3 is 0 Å². The van der Waals surface area contributed by atoms with E-state index in [0.717, 1.165) is 6.07 Å². The van der Waals surface area contributed by atoms with Crippen LogP contribution in [0.3, 0.4) is 0 Å². The van der Waals surface area contributed by atoms with Crippen molar-refractivity contribution in [1.82, 2.24) is 0 Å². The molecule has 1 aromatic carbocycles. The highest BCUT2D eigenvalue weighted by atomic mass is 35.7. The van der Waals surface area contributed by atoms with Crippen LogP contribution in [0.2, 0.25) is 0 Å². The monoisotopic (exact) mass is 271 g/mol. The molecule has 0 saturated carbocycles. The molecule has 0 aliphatic rings. The number of nitrogens with zero attached hydrogens (tertiary/aromatic N) is 1. The lowest BCUT2D eigenvalue weighted by molar-refractivity contribution is -0.386. The molecule has 0 aliphatic heterocycles. The third-order valence-electron chi connectivity index (χ3n) is 1.72. The Bertz CT molecular complexity index is 531. The van der Waals surface area contributed by atoms with Gasteiger partial charge in [0.05, 0.1) is 15.4 Å². The van der Waals surface area contributed by atoms with Crippen LogP contribution >= 0.6 is 10.7 Å². The van der Waals surface area contributed by atoms with E-state index in [4.69, 9.17) is 10.7 Å². The summed E-state index contributed by atoms with van der Waals surface area (Å²) in [7, 11) is 0.751. The van der Waals surface area contributed by atoms with Crippen molar-refractivity contribution in [2.24, 2.45) is 0 Å². The molecule has 0 radical (unpaired) electrons. The molecule has 0 N–H and O–H groups in total. The van der Waals surface area contributed by atoms with E-state index in [0.29, 0.717) is 12.1 Å². The summed E-state index contributed by atoms with van der Waals surface area (Å²) in [5.74, 6) is 0. The van der Waals surface area contributed by atoms with Crippen molar-refractivity contribution in [3.8, 4) is 0 Å². The van der Waals surface area contributed by atoms with Crippen LogP contribution in [0.4, 0.5) is 14.5 Å². The van der Waals surface area contributed by atoms with E-state index in [9.17, 15) is 27.3 Å². The van der Waals surface area contributed by atoms with E-state index >= 15 is 0 Å². The van der Waals surface area contributed by atoms with Crippen molar-refractivity contribution in [1.29, 1.82) is 0 Å². The Morgan fingerprint density at radius 1 is 1.38 bits per heavy atom. The molecular formula is C7H4ClF2NO4S. The lowest BCUT2D eigenvalue weighted by Gasteiger charge is -2.02. The summed E-state index contributed by atoms with van der Waals surface area (Å²) in [6, 6.07) is 1.96. The summed E-state index contributed by atoms with van der Waals surface area (Å²) in [6.07, 6.45) is -3.06. The SMILES string of the molecule is O=[N+]([O-])c1cc(S(=O)(=O)Cl)ccc1C(F)F. The van der Waals surface area contributed by atoms with E-state index in [-0.39, 0.29) is 0 Å². The van der Waals surface area contributed by atoms with Crippen molar-refractivity contribution in [3.63, 3.8) is 0 Å². The van der Waals surface area contributed by atoms with Crippen LogP contribution in [-0.4, -0.2) is 13.3 Å². The first-order valence-corrected chi connectivity index (χ1v) is 6.05. The van der Waals surface area contributed by atoms with Gasteiger partial charge in [0.2, 0.25) is 0 Å². The van der Waals surface area contributed by atoms with E-state index in [1.54, 1.807) is 0 Å². The molecular weight excluding hydrogens is 268 g/mol. The smallest absolute Gasteiger partial charge is 0.258 e. The topological polar surface area (TPSA) is 77.3 Å². The van der Waals surface area contributed by atoms with Crippen molar-refractivity contribution < 1.29 is 22.1 Å². The molecule has 0 saturated heterocycles. The third kappa shape index (κ3) is 2.64. The minimum atomic E-state index is -4.18. The summed E-state index contributed by atoms with van der Waals surface area (Å²) in [4.78, 5) is 8.76. The Morgan fingerprint density at radius 3 is 2.31 bits per heavy atom. The number of halogens is 3. The van der Waals surface area contributed by atoms with Crippen LogP contribution in [-0.2, 0) is 9.05 Å². The predicted molar refractivity (Wildman–Crippen MR) is 51.1 cm³/mol. The number of rotatable bonds is 3. The molecule has 0 unspecified atom stereocenters. The first-order valence-electron chi connectivity index (χ1n) is 3.74. The van der Waals surface area contributed by atoms with E-state index < -0.39 is 36.5 Å². The summed E-state index contributed by atoms with van der Waals surface area (Å²) >= 11 is 0. The minimum absolute atomic E-state index is 0.504. The zero-order valence-electron chi connectivity index (χ0n) is 7.43. The lowest BCUT2D eigenvalue weighted by Crippen LogP contribution is -1.99. The van der Waals surface area contributed by atoms with Gasteiger partial charge in [-0.05, 0) is 12.1 Å². The number of benzene rings is 1. The van der Waals surface area contributed by atoms with Gasteiger partial charge in [-0.3, -0.25) is 10.1 Å². The largest absolute Gasteiger partial charge is 0.279 e. The summed E-state index contributed by atoms with van der Waals surface area (Å²) in [6.45, 7) is 0. The molecule has 0 aromatic heterocycles. The van der Waals surface area contributed by atoms with Gasteiger partial charge < -0.3 is 0 Å². The van der Waals surface area contributed by atoms with Gasteiger partial charge in [0, 0.05) is 16.7 Å². The molecule has 0 bridgehead atoms. The number of nitro benzene ring substituents is 1. The third-order valence-corrected chi connectivity index (χ3v) is 3.07. The fourth-order valence-electron chi connectivity index (χ4n) is 1.02. The van der Waals surface area contributed by atoms with Gasteiger partial charge in [0.15, 0.2) is 0 Å². The number of hydrogen-bond acceptors (Lipinski definition) is 4. The second-order valence-electron chi connectivity index (χ2n) is 2.72. The fraction of sp³-hybridized carbons (Fsp3) is 0.143. The van der Waals surface area contributed by atoms with Gasteiger partial charge in [0.25, 0.3) is 21.2 Å². The predicted octanol–water partition coefficient (Wildman–Crippen LogP) is 2.46. The molecule has 0 amide bonds. The molecule has 16 heavy (non-hydrogen) atoms. The van der Waals surface area contributed by atoms with Crippen LogP contribution < -0.4 is 0 Å². The minimum Gasteiger partial charge on any atom is -0.258 e. The van der Waals surface area contributed by atoms with E-state index in [1.807, 2.05) is 0 Å². The molecule has 1 aromatic rings. The molecule has 0 heterocycles. The average molecular weight is 272 g/mol. The van der Waals surface area contributed by atoms with Crippen molar-refractivity contribution >= 4 is 25.4 Å². The molecule has 9 heteroatoms. The molecule has 0 fully saturated rings. The zero-order valence-corrected chi connectivity index (χ0v) is 9.00. The van der Waals surface area contributed by atoms with Crippen LogP contribution in [0.15, 0.2) is 23.1 Å². The van der Waals surface area contributed by atoms with Crippen molar-refractivity contribution in [3.05, 3.63) is 33.9 Å². The quantitative estimate of drug-likeness (QED) is 0.481. The highest BCUT2D eigenvalue weighted by Gasteiger charge is 2.24. The zero-order chi connectivity index (χ0) is 12.5. The summed E-state index contributed by atoms with van der Waals surface area (Å²) in [5, 5.41) is 10.4. The second kappa shape index (κ2) is 4.30. The average Bonchev–Trinajstić information content (AvgIpc) is 2.15. The van der Waals surface area contributed by atoms with E-state index in [1.165, 1.54) is 0 Å². The Balaban J connectivity index is 3.46. The second-order valence-corrected chi connectivity index (χ2v) is 5.28. The van der Waals surface area contributed by atoms with Gasteiger partial charge in [-0.2, -0.15) is 0 Å². The van der Waals surface area contributed by atoms with Crippen LogP contribution in [0.1, 0.15) is 12.0 Å². The molecule has 0 spiro atoms. The first kappa shape index (κ1) is 12.8. The normalized spacial score (nSPS) is 11.8. The van der Waals surface area contributed by atoms with E-state index in [2.05, 4.69) is 0 Å². The summed E-state index contributed by atoms with van der Waals surface area (Å²) < 4.78 is 46.3. The molecule has 0 atom stereocenters. The van der Waals surface area contributed by atoms with Gasteiger partial charge in [-0.25, -0.2) is 17.2 Å². The first-order chi connectivity index (χ1) is 7.23. The number of hydrogen-bond donors (Lipinski definition) is 0. The van der Waals surface area contributed by atoms with Crippen LogP contribution in [0.25, 0.3) is 0 Å². The van der Waals surface area contributed by atoms with Crippen molar-refractivity contribution in [2.45, 2.75) is 11.3 Å². The van der Waals surface area contributed by atoms with Crippen LogP contribution in [0.5, 0.6) is 0 Å². The Morgan fingerprint density at radius 2 is 1.94 bits per heavy atom. The maximum absolute atomic E-state index is 12.3. The molecule has 88 valence electrons. The fourth-order valence-corrected chi connectivity index (χ4v) is 1.79. The molecule has 1 rings (SSSR count). The highest BCUT2D eigenvalue weighted by Crippen LogP contribution is 2.31. The van der Waals surface area contributed by atoms with Crippen molar-refractivity contribution in [2.75, 3.05) is 0 Å². The van der Waals surface area contributed by atoms with Gasteiger partial charge in [-0.1, -0.05) is 0 Å². The molecule has 0 aliphatic carbocycles. The highest BCUT2D eigenvalue weighted by molar-refractivity contribution is 8.13. The standard InChI is InChI=1S/C7H4ClF2NO4S/c8-16(14,15)4-1-2-5(7(9)10)6(3-4)11(12)13/h1-3,7H. The lowest BCUT2D eigenvalue weighted by atomic mass is 10.2. The summed E-state index contributed by atoms with van der Waals surface area (Å²) in [5.41, 5.74) is -1.83. The van der Waals surface area contributed by atoms with Gasteiger partial charge in [-0.15, -0.1) is 0 Å².